The predicted molar refractivity (Wildman–Crippen MR) is 69.8 cm³/mol. The molecule has 0 unspecified atom stereocenters. The molecule has 0 saturated heterocycles. The zero-order valence-electron chi connectivity index (χ0n) is 9.72. The zero-order valence-corrected chi connectivity index (χ0v) is 9.72. The number of fused-ring (bicyclic) bond motifs is 6. The van der Waals surface area contributed by atoms with E-state index in [0.717, 1.165) is 16.8 Å². The Balaban J connectivity index is 2.06. The van der Waals surface area contributed by atoms with E-state index in [1.165, 1.54) is 12.1 Å². The summed E-state index contributed by atoms with van der Waals surface area (Å²) in [6.45, 7) is -0.365. The third-order valence-electron chi connectivity index (χ3n) is 3.91. The summed E-state index contributed by atoms with van der Waals surface area (Å²) < 4.78 is 6.85. The standard InChI is InChI=1S/C12H7BN4O2/c18-10-4-6-14-8-2-1-3-9-12(8)13(16(10)14)17-11(19)5-7-15(9)17/h1-7H. The van der Waals surface area contributed by atoms with Crippen LogP contribution in [0.2, 0.25) is 0 Å². The zero-order chi connectivity index (χ0) is 12.7. The first-order valence-corrected chi connectivity index (χ1v) is 6.01. The fourth-order valence-electron chi connectivity index (χ4n) is 3.20. The lowest BCUT2D eigenvalue weighted by Crippen LogP contribution is -2.48. The highest BCUT2D eigenvalue weighted by molar-refractivity contribution is 6.74. The molecule has 3 aromatic rings. The number of benzene rings is 1. The molecule has 5 rings (SSSR count). The molecule has 6 nitrogen and oxygen atoms in total. The van der Waals surface area contributed by atoms with Crippen LogP contribution in [0.3, 0.4) is 0 Å². The molecular formula is C12H7BN4O2. The van der Waals surface area contributed by atoms with Crippen LogP contribution in [0, 0.1) is 0 Å². The van der Waals surface area contributed by atoms with Gasteiger partial charge in [0.1, 0.15) is 0 Å². The van der Waals surface area contributed by atoms with Gasteiger partial charge in [0.2, 0.25) is 0 Å². The van der Waals surface area contributed by atoms with Crippen LogP contribution in [0.15, 0.2) is 52.3 Å². The summed E-state index contributed by atoms with van der Waals surface area (Å²) in [4.78, 5) is 24.1. The number of hydrogen-bond donors (Lipinski definition) is 0. The van der Waals surface area contributed by atoms with Crippen molar-refractivity contribution in [1.82, 2.24) is 18.5 Å². The minimum absolute atomic E-state index is 0.103. The molecule has 0 atom stereocenters. The Morgan fingerprint density at radius 3 is 1.84 bits per heavy atom. The van der Waals surface area contributed by atoms with Gasteiger partial charge >= 0.3 is 6.98 Å². The highest BCUT2D eigenvalue weighted by Gasteiger charge is 2.44. The lowest BCUT2D eigenvalue weighted by atomic mass is 9.69. The van der Waals surface area contributed by atoms with Gasteiger partial charge in [-0.2, -0.15) is 0 Å². The average molecular weight is 250 g/mol. The van der Waals surface area contributed by atoms with E-state index < -0.39 is 0 Å². The molecule has 2 aliphatic rings. The summed E-state index contributed by atoms with van der Waals surface area (Å²) in [5.74, 6) is 0. The van der Waals surface area contributed by atoms with Crippen LogP contribution in [-0.4, -0.2) is 25.5 Å². The lowest BCUT2D eigenvalue weighted by Gasteiger charge is -2.09. The van der Waals surface area contributed by atoms with E-state index in [-0.39, 0.29) is 18.1 Å². The van der Waals surface area contributed by atoms with Crippen molar-refractivity contribution in [2.24, 2.45) is 0 Å². The summed E-state index contributed by atoms with van der Waals surface area (Å²) in [5.41, 5.74) is 2.72. The molecule has 0 fully saturated rings. The average Bonchev–Trinajstić information content (AvgIpc) is 3.10. The summed E-state index contributed by atoms with van der Waals surface area (Å²) >= 11 is 0. The highest BCUT2D eigenvalue weighted by atomic mass is 16.1. The fourth-order valence-corrected chi connectivity index (χ4v) is 3.20. The van der Waals surface area contributed by atoms with Gasteiger partial charge in [-0.05, 0) is 12.1 Å². The first-order valence-electron chi connectivity index (χ1n) is 6.01. The molecule has 90 valence electrons. The van der Waals surface area contributed by atoms with Crippen molar-refractivity contribution in [3.63, 3.8) is 0 Å². The summed E-state index contributed by atoms with van der Waals surface area (Å²) in [6, 6.07) is 8.91. The van der Waals surface area contributed by atoms with Crippen LogP contribution in [0.5, 0.6) is 0 Å². The molecule has 4 heterocycles. The molecule has 19 heavy (non-hydrogen) atoms. The first kappa shape index (κ1) is 9.26. The van der Waals surface area contributed by atoms with Gasteiger partial charge in [-0.25, -0.2) is 0 Å². The quantitative estimate of drug-likeness (QED) is 0.331. The van der Waals surface area contributed by atoms with Crippen molar-refractivity contribution in [3.05, 3.63) is 63.4 Å². The minimum atomic E-state index is -0.365. The Morgan fingerprint density at radius 1 is 0.789 bits per heavy atom. The van der Waals surface area contributed by atoms with Gasteiger partial charge in [0.05, 0.1) is 11.4 Å². The van der Waals surface area contributed by atoms with Crippen molar-refractivity contribution in [2.75, 3.05) is 0 Å². The van der Waals surface area contributed by atoms with Crippen LogP contribution in [0.1, 0.15) is 0 Å². The molecule has 0 bridgehead atoms. The number of nitrogens with zero attached hydrogens (tertiary/aromatic N) is 4. The highest BCUT2D eigenvalue weighted by Crippen LogP contribution is 2.23. The van der Waals surface area contributed by atoms with Crippen molar-refractivity contribution in [1.29, 1.82) is 0 Å². The molecule has 2 aromatic heterocycles. The molecule has 0 spiro atoms. The van der Waals surface area contributed by atoms with Crippen LogP contribution < -0.4 is 16.6 Å². The monoisotopic (exact) mass is 250 g/mol. The maximum absolute atomic E-state index is 12.0. The van der Waals surface area contributed by atoms with Gasteiger partial charge < -0.3 is 0 Å². The normalized spacial score (nSPS) is 13.6. The molecule has 7 heteroatoms. The minimum Gasteiger partial charge on any atom is -0.269 e. The van der Waals surface area contributed by atoms with E-state index in [2.05, 4.69) is 0 Å². The van der Waals surface area contributed by atoms with E-state index >= 15 is 0 Å². The van der Waals surface area contributed by atoms with Crippen LogP contribution in [0.25, 0.3) is 11.4 Å². The molecule has 0 N–H and O–H groups in total. The van der Waals surface area contributed by atoms with Crippen LogP contribution in [0.4, 0.5) is 0 Å². The topological polar surface area (TPSA) is 53.9 Å². The first-order chi connectivity index (χ1) is 9.27. The summed E-state index contributed by atoms with van der Waals surface area (Å²) in [7, 11) is 0. The Hall–Kier alpha value is -2.70. The third-order valence-corrected chi connectivity index (χ3v) is 3.91. The van der Waals surface area contributed by atoms with Crippen molar-refractivity contribution >= 4 is 12.4 Å². The second-order valence-electron chi connectivity index (χ2n) is 4.77. The van der Waals surface area contributed by atoms with E-state index in [1.807, 2.05) is 27.6 Å². The van der Waals surface area contributed by atoms with Crippen molar-refractivity contribution in [2.45, 2.75) is 0 Å². The third kappa shape index (κ3) is 0.825. The van der Waals surface area contributed by atoms with E-state index in [4.69, 9.17) is 0 Å². The van der Waals surface area contributed by atoms with Gasteiger partial charge in [-0.15, -0.1) is 0 Å². The molecule has 0 aliphatic carbocycles. The SMILES string of the molecule is O=c1ccn2n1B1c3c-2cccc3-n2ccc(=O)n21. The Morgan fingerprint density at radius 2 is 1.32 bits per heavy atom. The molecule has 0 radical (unpaired) electrons. The molecule has 1 aromatic carbocycles. The Labute approximate surface area is 106 Å². The van der Waals surface area contributed by atoms with Crippen LogP contribution in [-0.2, 0) is 0 Å². The van der Waals surface area contributed by atoms with Gasteiger partial charge in [-0.3, -0.25) is 28.1 Å². The van der Waals surface area contributed by atoms with Gasteiger partial charge in [0.25, 0.3) is 11.1 Å². The smallest absolute Gasteiger partial charge is 0.269 e. The molecule has 0 amide bonds. The number of hydrogen-bond acceptors (Lipinski definition) is 2. The summed E-state index contributed by atoms with van der Waals surface area (Å²) in [5, 5.41) is 0. The fraction of sp³-hybridized carbons (Fsp3) is 0. The van der Waals surface area contributed by atoms with E-state index in [1.54, 1.807) is 21.6 Å². The molecule has 0 saturated carbocycles. The maximum atomic E-state index is 12.0. The Bertz CT molecular complexity index is 900. The van der Waals surface area contributed by atoms with Gasteiger partial charge in [-0.1, -0.05) is 6.07 Å². The molecular weight excluding hydrogens is 243 g/mol. The predicted octanol–water partition coefficient (Wildman–Crippen LogP) is -0.990. The Kier molecular flexibility index (Phi) is 1.30. The van der Waals surface area contributed by atoms with E-state index in [9.17, 15) is 9.59 Å². The second-order valence-corrected chi connectivity index (χ2v) is 4.77. The second kappa shape index (κ2) is 2.66. The number of rotatable bonds is 0. The van der Waals surface area contributed by atoms with Gasteiger partial charge in [0.15, 0.2) is 0 Å². The molecule has 2 aliphatic heterocycles. The van der Waals surface area contributed by atoms with Crippen LogP contribution >= 0.6 is 0 Å². The lowest BCUT2D eigenvalue weighted by molar-refractivity contribution is 0.730. The maximum Gasteiger partial charge on any atom is 0.462 e. The van der Waals surface area contributed by atoms with E-state index in [0.29, 0.717) is 0 Å². The largest absolute Gasteiger partial charge is 0.462 e. The van der Waals surface area contributed by atoms with Crippen molar-refractivity contribution < 1.29 is 0 Å². The van der Waals surface area contributed by atoms with Gasteiger partial charge in [0, 0.05) is 30.0 Å². The van der Waals surface area contributed by atoms with Crippen molar-refractivity contribution in [3.8, 4) is 11.4 Å². The summed E-state index contributed by atoms with van der Waals surface area (Å²) in [6.07, 6.45) is 3.49. The number of aromatic nitrogens is 4.